The summed E-state index contributed by atoms with van der Waals surface area (Å²) in [7, 11) is 0. The molecule has 1 N–H and O–H groups in total. The van der Waals surface area contributed by atoms with Gasteiger partial charge < -0.3 is 9.88 Å². The van der Waals surface area contributed by atoms with E-state index >= 15 is 0 Å². The van der Waals surface area contributed by atoms with Gasteiger partial charge in [0.05, 0.1) is 35.4 Å². The van der Waals surface area contributed by atoms with Gasteiger partial charge >= 0.3 is 6.55 Å². The van der Waals surface area contributed by atoms with E-state index in [0.717, 1.165) is 25.1 Å². The van der Waals surface area contributed by atoms with Crippen molar-refractivity contribution in [2.45, 2.75) is 32.4 Å². The molecule has 1 amide bonds. The molecule has 2 saturated carbocycles. The molecule has 2 aromatic heterocycles. The van der Waals surface area contributed by atoms with Crippen molar-refractivity contribution in [1.82, 2.24) is 19.3 Å². The highest BCUT2D eigenvalue weighted by atomic mass is 19.3. The van der Waals surface area contributed by atoms with Crippen molar-refractivity contribution in [3.63, 3.8) is 0 Å². The van der Waals surface area contributed by atoms with Crippen LogP contribution >= 0.6 is 0 Å². The van der Waals surface area contributed by atoms with Gasteiger partial charge in [-0.15, -0.1) is 0 Å². The molecule has 0 spiro atoms. The zero-order chi connectivity index (χ0) is 21.2. The van der Waals surface area contributed by atoms with E-state index in [9.17, 15) is 22.4 Å². The van der Waals surface area contributed by atoms with E-state index < -0.39 is 18.2 Å². The van der Waals surface area contributed by atoms with Crippen LogP contribution in [-0.4, -0.2) is 25.2 Å². The summed E-state index contributed by atoms with van der Waals surface area (Å²) in [4.78, 5) is 16.7. The lowest BCUT2D eigenvalue weighted by Gasteiger charge is -2.19. The smallest absolute Gasteiger partial charge is 0.327 e. The van der Waals surface area contributed by atoms with Crippen molar-refractivity contribution in [1.29, 1.82) is 0 Å². The average Bonchev–Trinajstić information content (AvgIpc) is 3.13. The van der Waals surface area contributed by atoms with Crippen LogP contribution in [0.5, 0.6) is 0 Å². The van der Waals surface area contributed by atoms with Gasteiger partial charge in [-0.1, -0.05) is 6.92 Å². The Kier molecular flexibility index (Phi) is 4.33. The minimum absolute atomic E-state index is 0.130. The zero-order valence-electron chi connectivity index (χ0n) is 16.0. The molecule has 2 aliphatic rings. The fourth-order valence-electron chi connectivity index (χ4n) is 5.09. The van der Waals surface area contributed by atoms with Crippen LogP contribution in [0.4, 0.5) is 23.2 Å². The van der Waals surface area contributed by atoms with Crippen molar-refractivity contribution in [2.75, 3.05) is 5.32 Å². The number of benzene rings is 1. The molecule has 0 aliphatic heterocycles. The molecule has 5 rings (SSSR count). The average molecular weight is 421 g/mol. The maximum absolute atomic E-state index is 13.7. The monoisotopic (exact) mass is 421 g/mol. The minimum Gasteiger partial charge on any atom is -0.327 e. The van der Waals surface area contributed by atoms with E-state index in [2.05, 4.69) is 15.4 Å². The molecule has 0 radical (unpaired) electrons. The summed E-state index contributed by atoms with van der Waals surface area (Å²) in [5.74, 6) is -1.35. The number of amides is 1. The second kappa shape index (κ2) is 6.82. The predicted octanol–water partition coefficient (Wildman–Crippen LogP) is 4.38. The molecule has 2 fully saturated rings. The van der Waals surface area contributed by atoms with Crippen LogP contribution in [0.1, 0.15) is 32.4 Å². The van der Waals surface area contributed by atoms with Gasteiger partial charge in [-0.25, -0.2) is 18.4 Å². The Morgan fingerprint density at radius 2 is 1.90 bits per heavy atom. The minimum atomic E-state index is -2.75. The SMILES string of the molecule is CC(C(=O)Nc1cnn(C(F)F)c1)[C@H]1[C@@H]2C[C@@H](n3cnc4cc(F)c(F)cc43)C[C@@H]21. The summed E-state index contributed by atoms with van der Waals surface area (Å²) >= 11 is 0. The van der Waals surface area contributed by atoms with Crippen LogP contribution in [0.3, 0.4) is 0 Å². The van der Waals surface area contributed by atoms with E-state index in [4.69, 9.17) is 0 Å². The van der Waals surface area contributed by atoms with Gasteiger partial charge in [0.1, 0.15) is 0 Å². The van der Waals surface area contributed by atoms with Gasteiger partial charge in [-0.05, 0) is 30.6 Å². The number of nitrogens with zero attached hydrogens (tertiary/aromatic N) is 4. The highest BCUT2D eigenvalue weighted by Gasteiger charge is 2.59. The Balaban J connectivity index is 1.23. The molecular formula is C20H19F4N5O. The van der Waals surface area contributed by atoms with E-state index in [-0.39, 0.29) is 29.5 Å². The van der Waals surface area contributed by atoms with Crippen LogP contribution in [0, 0.1) is 35.3 Å². The van der Waals surface area contributed by atoms with E-state index in [1.54, 1.807) is 6.33 Å². The van der Waals surface area contributed by atoms with Crippen LogP contribution in [0.25, 0.3) is 11.0 Å². The first-order valence-electron chi connectivity index (χ1n) is 9.78. The van der Waals surface area contributed by atoms with Crippen molar-refractivity contribution < 1.29 is 22.4 Å². The molecule has 3 aromatic rings. The molecular weight excluding hydrogens is 402 g/mol. The van der Waals surface area contributed by atoms with Gasteiger partial charge in [0.15, 0.2) is 11.6 Å². The van der Waals surface area contributed by atoms with Crippen molar-refractivity contribution >= 4 is 22.6 Å². The first kappa shape index (κ1) is 19.1. The van der Waals surface area contributed by atoms with Gasteiger partial charge in [-0.3, -0.25) is 4.79 Å². The molecule has 158 valence electrons. The van der Waals surface area contributed by atoms with Crippen LogP contribution in [-0.2, 0) is 4.79 Å². The second-order valence-electron chi connectivity index (χ2n) is 8.20. The van der Waals surface area contributed by atoms with Crippen LogP contribution in [0.2, 0.25) is 0 Å². The van der Waals surface area contributed by atoms with Crippen molar-refractivity contribution in [3.8, 4) is 0 Å². The number of nitrogens with one attached hydrogen (secondary N) is 1. The van der Waals surface area contributed by atoms with Gasteiger partial charge in [0.2, 0.25) is 5.91 Å². The number of rotatable bonds is 5. The zero-order valence-corrected chi connectivity index (χ0v) is 16.0. The standard InChI is InChI=1S/C20H19F4N5O/c1-9(19(30)27-10-6-26-29(7-10)20(23)24)18-12-2-11(3-13(12)18)28-8-25-16-4-14(21)15(22)5-17(16)28/h4-9,11-13,18,20H,2-3H2,1H3,(H,27,30)/t9?,11-,12-,13+,18+. The van der Waals surface area contributed by atoms with Crippen LogP contribution in [0.15, 0.2) is 30.9 Å². The van der Waals surface area contributed by atoms with Crippen molar-refractivity contribution in [3.05, 3.63) is 42.5 Å². The number of anilines is 1. The number of hydrogen-bond donors (Lipinski definition) is 1. The molecule has 30 heavy (non-hydrogen) atoms. The second-order valence-corrected chi connectivity index (χ2v) is 8.20. The lowest BCUT2D eigenvalue weighted by atomic mass is 9.96. The van der Waals surface area contributed by atoms with E-state index in [0.29, 0.717) is 27.6 Å². The summed E-state index contributed by atoms with van der Waals surface area (Å²) in [6.45, 7) is -0.910. The largest absolute Gasteiger partial charge is 0.333 e. The molecule has 0 saturated heterocycles. The number of halogens is 4. The van der Waals surface area contributed by atoms with E-state index in [1.165, 1.54) is 12.3 Å². The molecule has 10 heteroatoms. The number of fused-ring (bicyclic) bond motifs is 2. The predicted molar refractivity (Wildman–Crippen MR) is 99.7 cm³/mol. The summed E-state index contributed by atoms with van der Waals surface area (Å²) in [5.41, 5.74) is 1.23. The maximum Gasteiger partial charge on any atom is 0.333 e. The highest BCUT2D eigenvalue weighted by molar-refractivity contribution is 5.92. The van der Waals surface area contributed by atoms with Crippen LogP contribution < -0.4 is 5.32 Å². The Hall–Kier alpha value is -2.91. The molecule has 1 unspecified atom stereocenters. The van der Waals surface area contributed by atoms with Gasteiger partial charge in [0.25, 0.3) is 0 Å². The Bertz CT molecular complexity index is 1110. The molecule has 2 heterocycles. The Labute approximate surface area is 168 Å². The number of alkyl halides is 2. The lowest BCUT2D eigenvalue weighted by Crippen LogP contribution is -2.24. The first-order valence-corrected chi connectivity index (χ1v) is 9.78. The highest BCUT2D eigenvalue weighted by Crippen LogP contribution is 2.64. The van der Waals surface area contributed by atoms with Crippen molar-refractivity contribution in [2.24, 2.45) is 23.7 Å². The van der Waals surface area contributed by atoms with Gasteiger partial charge in [0, 0.05) is 24.1 Å². The first-order chi connectivity index (χ1) is 14.3. The lowest BCUT2D eigenvalue weighted by molar-refractivity contribution is -0.120. The van der Waals surface area contributed by atoms with E-state index in [1.807, 2.05) is 11.5 Å². The Morgan fingerprint density at radius 3 is 2.57 bits per heavy atom. The molecule has 0 bridgehead atoms. The summed E-state index contributed by atoms with van der Waals surface area (Å²) in [6, 6.07) is 2.40. The number of aromatic nitrogens is 4. The fourth-order valence-corrected chi connectivity index (χ4v) is 5.09. The maximum atomic E-state index is 13.7. The fraction of sp³-hybridized carbons (Fsp3) is 0.450. The summed E-state index contributed by atoms with van der Waals surface area (Å²) in [6.07, 6.45) is 5.59. The number of imidazole rings is 1. The molecule has 5 atom stereocenters. The Morgan fingerprint density at radius 1 is 1.20 bits per heavy atom. The van der Waals surface area contributed by atoms with Gasteiger partial charge in [-0.2, -0.15) is 13.9 Å². The summed E-state index contributed by atoms with van der Waals surface area (Å²) < 4.78 is 54.7. The normalized spacial score (nSPS) is 26.2. The topological polar surface area (TPSA) is 64.7 Å². The molecule has 2 aliphatic carbocycles. The number of hydrogen-bond acceptors (Lipinski definition) is 3. The molecule has 1 aromatic carbocycles. The molecule has 6 nitrogen and oxygen atoms in total. The summed E-state index contributed by atoms with van der Waals surface area (Å²) in [5, 5.41) is 6.17. The quantitative estimate of drug-likeness (QED) is 0.622. The number of carbonyl (C=O) groups is 1. The third kappa shape index (κ3) is 3.05. The third-order valence-corrected chi connectivity index (χ3v) is 6.56. The number of carbonyl (C=O) groups excluding carboxylic acids is 1. The third-order valence-electron chi connectivity index (χ3n) is 6.56.